The summed E-state index contributed by atoms with van der Waals surface area (Å²) in [5, 5.41) is 0. The predicted molar refractivity (Wildman–Crippen MR) is 70.3 cm³/mol. The molecule has 0 fully saturated rings. The van der Waals surface area contributed by atoms with Crippen LogP contribution in [-0.2, 0) is 20.7 Å². The Morgan fingerprint density at radius 3 is 2.61 bits per heavy atom. The number of carbonyl (C=O) groups is 2. The maximum absolute atomic E-state index is 12.0. The average molecular weight is 248 g/mol. The van der Waals surface area contributed by atoms with Crippen molar-refractivity contribution in [1.29, 1.82) is 0 Å². The van der Waals surface area contributed by atoms with E-state index in [0.717, 1.165) is 17.4 Å². The number of aryl methyl sites for hydroxylation is 1. The zero-order valence-corrected chi connectivity index (χ0v) is 11.2. The van der Waals surface area contributed by atoms with Gasteiger partial charge in [0.25, 0.3) is 0 Å². The summed E-state index contributed by atoms with van der Waals surface area (Å²) in [6.45, 7) is 5.89. The van der Waals surface area contributed by atoms with Gasteiger partial charge in [-0.2, -0.15) is 0 Å². The van der Waals surface area contributed by atoms with Gasteiger partial charge in [0, 0.05) is 6.42 Å². The highest BCUT2D eigenvalue weighted by atomic mass is 16.5. The maximum Gasteiger partial charge on any atom is 0.312 e. The smallest absolute Gasteiger partial charge is 0.312 e. The summed E-state index contributed by atoms with van der Waals surface area (Å²) >= 11 is 0. The summed E-state index contributed by atoms with van der Waals surface area (Å²) < 4.78 is 5.07. The van der Waals surface area contributed by atoms with Crippen LogP contribution in [0, 0.1) is 12.3 Å². The Bertz CT molecular complexity index is 426. The van der Waals surface area contributed by atoms with Gasteiger partial charge in [-0.15, -0.1) is 0 Å². The van der Waals surface area contributed by atoms with Crippen LogP contribution in [0.2, 0.25) is 0 Å². The SMILES string of the molecule is CCOC(=O)C(C)(CC=O)Cc1ccccc1C. The van der Waals surface area contributed by atoms with Crippen LogP contribution >= 0.6 is 0 Å². The first-order chi connectivity index (χ1) is 8.53. The van der Waals surface area contributed by atoms with Gasteiger partial charge in [0.05, 0.1) is 12.0 Å². The molecule has 0 radical (unpaired) electrons. The number of esters is 1. The van der Waals surface area contributed by atoms with Crippen molar-refractivity contribution in [2.45, 2.75) is 33.6 Å². The van der Waals surface area contributed by atoms with E-state index in [1.807, 2.05) is 31.2 Å². The minimum Gasteiger partial charge on any atom is -0.466 e. The Kier molecular flexibility index (Phi) is 5.08. The van der Waals surface area contributed by atoms with Crippen molar-refractivity contribution in [3.8, 4) is 0 Å². The molecule has 0 bridgehead atoms. The normalized spacial score (nSPS) is 13.7. The largest absolute Gasteiger partial charge is 0.466 e. The molecular weight excluding hydrogens is 228 g/mol. The minimum atomic E-state index is -0.774. The third-order valence-electron chi connectivity index (χ3n) is 3.14. The number of carbonyl (C=O) groups excluding carboxylic acids is 2. The lowest BCUT2D eigenvalue weighted by atomic mass is 9.80. The van der Waals surface area contributed by atoms with Crippen molar-refractivity contribution in [2.75, 3.05) is 6.61 Å². The van der Waals surface area contributed by atoms with Crippen molar-refractivity contribution in [2.24, 2.45) is 5.41 Å². The molecule has 0 aliphatic carbocycles. The standard InChI is InChI=1S/C15H20O3/c1-4-18-14(17)15(3,9-10-16)11-13-8-6-5-7-12(13)2/h5-8,10H,4,9,11H2,1-3H3. The first-order valence-electron chi connectivity index (χ1n) is 6.19. The van der Waals surface area contributed by atoms with Gasteiger partial charge in [-0.3, -0.25) is 4.79 Å². The van der Waals surface area contributed by atoms with E-state index in [1.165, 1.54) is 0 Å². The van der Waals surface area contributed by atoms with Crippen LogP contribution in [0.25, 0.3) is 0 Å². The van der Waals surface area contributed by atoms with E-state index in [2.05, 4.69) is 0 Å². The van der Waals surface area contributed by atoms with E-state index >= 15 is 0 Å². The molecule has 0 saturated heterocycles. The molecular formula is C15H20O3. The molecule has 98 valence electrons. The summed E-state index contributed by atoms with van der Waals surface area (Å²) in [4.78, 5) is 22.8. The van der Waals surface area contributed by atoms with Crippen LogP contribution in [-0.4, -0.2) is 18.9 Å². The number of ether oxygens (including phenoxy) is 1. The second-order valence-corrected chi connectivity index (χ2v) is 4.76. The Morgan fingerprint density at radius 1 is 1.39 bits per heavy atom. The first kappa shape index (κ1) is 14.4. The van der Waals surface area contributed by atoms with Gasteiger partial charge < -0.3 is 9.53 Å². The summed E-state index contributed by atoms with van der Waals surface area (Å²) in [5.41, 5.74) is 1.43. The number of rotatable bonds is 6. The average Bonchev–Trinajstić information content (AvgIpc) is 2.33. The van der Waals surface area contributed by atoms with E-state index in [1.54, 1.807) is 13.8 Å². The summed E-state index contributed by atoms with van der Waals surface area (Å²) in [5.74, 6) is -0.305. The van der Waals surface area contributed by atoms with E-state index in [4.69, 9.17) is 4.74 Å². The van der Waals surface area contributed by atoms with Gasteiger partial charge in [0.2, 0.25) is 0 Å². The molecule has 0 heterocycles. The van der Waals surface area contributed by atoms with Crippen LogP contribution in [0.4, 0.5) is 0 Å². The molecule has 3 heteroatoms. The quantitative estimate of drug-likeness (QED) is 0.574. The molecule has 1 rings (SSSR count). The first-order valence-corrected chi connectivity index (χ1v) is 6.19. The molecule has 1 unspecified atom stereocenters. The van der Waals surface area contributed by atoms with Crippen molar-refractivity contribution in [1.82, 2.24) is 0 Å². The van der Waals surface area contributed by atoms with E-state index in [-0.39, 0.29) is 12.4 Å². The zero-order valence-electron chi connectivity index (χ0n) is 11.2. The van der Waals surface area contributed by atoms with Crippen LogP contribution < -0.4 is 0 Å². The highest BCUT2D eigenvalue weighted by Gasteiger charge is 2.34. The second kappa shape index (κ2) is 6.34. The summed E-state index contributed by atoms with van der Waals surface area (Å²) in [6, 6.07) is 7.88. The molecule has 1 atom stereocenters. The number of benzene rings is 1. The van der Waals surface area contributed by atoms with Gasteiger partial charge in [-0.25, -0.2) is 0 Å². The molecule has 0 aromatic heterocycles. The fraction of sp³-hybridized carbons (Fsp3) is 0.467. The van der Waals surface area contributed by atoms with Crippen molar-refractivity contribution in [3.63, 3.8) is 0 Å². The van der Waals surface area contributed by atoms with Crippen molar-refractivity contribution in [3.05, 3.63) is 35.4 Å². The Balaban J connectivity index is 2.95. The summed E-state index contributed by atoms with van der Waals surface area (Å²) in [6.07, 6.45) is 1.49. The van der Waals surface area contributed by atoms with E-state index in [0.29, 0.717) is 13.0 Å². The third kappa shape index (κ3) is 3.42. The lowest BCUT2D eigenvalue weighted by molar-refractivity contribution is -0.155. The highest BCUT2D eigenvalue weighted by Crippen LogP contribution is 2.28. The highest BCUT2D eigenvalue weighted by molar-refractivity contribution is 5.80. The number of hydrogen-bond acceptors (Lipinski definition) is 3. The van der Waals surface area contributed by atoms with Gasteiger partial charge in [0.15, 0.2) is 0 Å². The minimum absolute atomic E-state index is 0.181. The van der Waals surface area contributed by atoms with Crippen LogP contribution in [0.15, 0.2) is 24.3 Å². The van der Waals surface area contributed by atoms with Gasteiger partial charge >= 0.3 is 5.97 Å². The second-order valence-electron chi connectivity index (χ2n) is 4.76. The van der Waals surface area contributed by atoms with E-state index < -0.39 is 5.41 Å². The predicted octanol–water partition coefficient (Wildman–Crippen LogP) is 2.70. The monoisotopic (exact) mass is 248 g/mol. The number of aldehydes is 1. The van der Waals surface area contributed by atoms with Gasteiger partial charge in [-0.05, 0) is 38.3 Å². The lowest BCUT2D eigenvalue weighted by Gasteiger charge is -2.25. The van der Waals surface area contributed by atoms with Gasteiger partial charge in [0.1, 0.15) is 6.29 Å². The molecule has 0 aliphatic heterocycles. The van der Waals surface area contributed by atoms with Crippen LogP contribution in [0.1, 0.15) is 31.4 Å². The Labute approximate surface area is 108 Å². The lowest BCUT2D eigenvalue weighted by Crippen LogP contribution is -2.33. The fourth-order valence-corrected chi connectivity index (χ4v) is 1.95. The zero-order chi connectivity index (χ0) is 13.6. The van der Waals surface area contributed by atoms with Gasteiger partial charge in [-0.1, -0.05) is 24.3 Å². The molecule has 1 aromatic rings. The topological polar surface area (TPSA) is 43.4 Å². The Hall–Kier alpha value is -1.64. The van der Waals surface area contributed by atoms with E-state index in [9.17, 15) is 9.59 Å². The molecule has 3 nitrogen and oxygen atoms in total. The number of hydrogen-bond donors (Lipinski definition) is 0. The Morgan fingerprint density at radius 2 is 2.06 bits per heavy atom. The third-order valence-corrected chi connectivity index (χ3v) is 3.14. The fourth-order valence-electron chi connectivity index (χ4n) is 1.95. The maximum atomic E-state index is 12.0. The molecule has 18 heavy (non-hydrogen) atoms. The molecule has 0 N–H and O–H groups in total. The summed E-state index contributed by atoms with van der Waals surface area (Å²) in [7, 11) is 0. The molecule has 0 aliphatic rings. The van der Waals surface area contributed by atoms with Crippen LogP contribution in [0.5, 0.6) is 0 Å². The van der Waals surface area contributed by atoms with Crippen LogP contribution in [0.3, 0.4) is 0 Å². The van der Waals surface area contributed by atoms with Crippen molar-refractivity contribution >= 4 is 12.3 Å². The molecule has 0 amide bonds. The molecule has 0 saturated carbocycles. The van der Waals surface area contributed by atoms with Crippen molar-refractivity contribution < 1.29 is 14.3 Å². The molecule has 1 aromatic carbocycles. The molecule has 0 spiro atoms.